The van der Waals surface area contributed by atoms with Gasteiger partial charge in [-0.15, -0.1) is 0 Å². The Morgan fingerprint density at radius 1 is 1.29 bits per heavy atom. The summed E-state index contributed by atoms with van der Waals surface area (Å²) in [5.74, 6) is -0.0974. The van der Waals surface area contributed by atoms with Crippen molar-refractivity contribution >= 4 is 28.0 Å². The van der Waals surface area contributed by atoms with Gasteiger partial charge in [0.1, 0.15) is 17.6 Å². The first-order chi connectivity index (χ1) is 13.7. The summed E-state index contributed by atoms with van der Waals surface area (Å²) >= 11 is 0. The number of para-hydroxylation sites is 1. The highest BCUT2D eigenvalue weighted by Crippen LogP contribution is 2.24. The van der Waals surface area contributed by atoms with E-state index in [0.717, 1.165) is 24.6 Å². The predicted octanol–water partition coefficient (Wildman–Crippen LogP) is 1.50. The maximum absolute atomic E-state index is 12.7. The molecule has 0 unspecified atom stereocenters. The van der Waals surface area contributed by atoms with Gasteiger partial charge in [0.25, 0.3) is 5.56 Å². The number of carbonyl (C=O) groups is 1. The number of aromatic nitrogens is 2. The average Bonchev–Trinajstić information content (AvgIpc) is 3.10. The van der Waals surface area contributed by atoms with Gasteiger partial charge in [-0.1, -0.05) is 12.1 Å². The third kappa shape index (κ3) is 3.65. The largest absolute Gasteiger partial charge is 0.448 e. The lowest BCUT2D eigenvalue weighted by Crippen LogP contribution is -2.43. The number of piperidine rings is 1. The Labute approximate surface area is 161 Å². The lowest BCUT2D eigenvalue weighted by Gasteiger charge is -2.32. The molecule has 1 aliphatic rings. The van der Waals surface area contributed by atoms with Crippen LogP contribution in [-0.4, -0.2) is 52.7 Å². The SMILES string of the molecule is NCCCOC1CCN(C(=O)Cn2cnc3c(oc4ccccc43)c2=O)CC1. The van der Waals surface area contributed by atoms with E-state index in [0.29, 0.717) is 37.3 Å². The molecule has 0 aliphatic carbocycles. The van der Waals surface area contributed by atoms with Gasteiger partial charge in [-0.2, -0.15) is 0 Å². The van der Waals surface area contributed by atoms with Crippen molar-refractivity contribution in [2.75, 3.05) is 26.2 Å². The Hall–Kier alpha value is -2.71. The summed E-state index contributed by atoms with van der Waals surface area (Å²) in [7, 11) is 0. The van der Waals surface area contributed by atoms with Crippen molar-refractivity contribution in [3.63, 3.8) is 0 Å². The molecule has 1 aliphatic heterocycles. The van der Waals surface area contributed by atoms with Crippen molar-refractivity contribution in [3.05, 3.63) is 40.9 Å². The van der Waals surface area contributed by atoms with Crippen molar-refractivity contribution in [3.8, 4) is 0 Å². The molecule has 1 fully saturated rings. The molecular formula is C20H24N4O4. The second kappa shape index (κ2) is 8.12. The van der Waals surface area contributed by atoms with Gasteiger partial charge in [-0.25, -0.2) is 4.98 Å². The van der Waals surface area contributed by atoms with E-state index in [1.807, 2.05) is 18.2 Å². The predicted molar refractivity (Wildman–Crippen MR) is 105 cm³/mol. The minimum Gasteiger partial charge on any atom is -0.448 e. The zero-order valence-corrected chi connectivity index (χ0v) is 15.7. The molecule has 4 rings (SSSR count). The summed E-state index contributed by atoms with van der Waals surface area (Å²) in [5, 5.41) is 0.796. The summed E-state index contributed by atoms with van der Waals surface area (Å²) in [6, 6.07) is 7.38. The first-order valence-corrected chi connectivity index (χ1v) is 9.63. The molecule has 0 saturated carbocycles. The van der Waals surface area contributed by atoms with Gasteiger partial charge in [0.15, 0.2) is 0 Å². The molecule has 8 nitrogen and oxygen atoms in total. The molecular weight excluding hydrogens is 360 g/mol. The monoisotopic (exact) mass is 384 g/mol. The number of fused-ring (bicyclic) bond motifs is 3. The highest BCUT2D eigenvalue weighted by Gasteiger charge is 2.24. The van der Waals surface area contributed by atoms with E-state index < -0.39 is 0 Å². The molecule has 3 heterocycles. The van der Waals surface area contributed by atoms with Crippen LogP contribution in [0.1, 0.15) is 19.3 Å². The zero-order valence-electron chi connectivity index (χ0n) is 15.7. The van der Waals surface area contributed by atoms with Crippen molar-refractivity contribution in [2.24, 2.45) is 5.73 Å². The van der Waals surface area contributed by atoms with E-state index in [9.17, 15) is 9.59 Å². The summed E-state index contributed by atoms with van der Waals surface area (Å²) < 4.78 is 12.8. The summed E-state index contributed by atoms with van der Waals surface area (Å²) in [6.45, 7) is 2.49. The van der Waals surface area contributed by atoms with Crippen LogP contribution in [0, 0.1) is 0 Å². The van der Waals surface area contributed by atoms with E-state index in [2.05, 4.69) is 4.98 Å². The van der Waals surface area contributed by atoms with Gasteiger partial charge in [0.05, 0.1) is 12.4 Å². The van der Waals surface area contributed by atoms with Crippen LogP contribution in [-0.2, 0) is 16.1 Å². The normalized spacial score (nSPS) is 15.5. The maximum Gasteiger partial charge on any atom is 0.297 e. The Morgan fingerprint density at radius 3 is 2.86 bits per heavy atom. The number of furan rings is 1. The molecule has 28 heavy (non-hydrogen) atoms. The molecule has 8 heteroatoms. The van der Waals surface area contributed by atoms with E-state index in [4.69, 9.17) is 14.9 Å². The van der Waals surface area contributed by atoms with Crippen LogP contribution < -0.4 is 11.3 Å². The number of benzene rings is 1. The van der Waals surface area contributed by atoms with Gasteiger partial charge in [0, 0.05) is 25.1 Å². The number of ether oxygens (including phenoxy) is 1. The molecule has 1 amide bonds. The fraction of sp³-hybridized carbons (Fsp3) is 0.450. The fourth-order valence-corrected chi connectivity index (χ4v) is 3.58. The number of likely N-dealkylation sites (tertiary alicyclic amines) is 1. The Kier molecular flexibility index (Phi) is 5.40. The zero-order chi connectivity index (χ0) is 19.5. The number of nitrogens with zero attached hydrogens (tertiary/aromatic N) is 3. The quantitative estimate of drug-likeness (QED) is 0.646. The summed E-state index contributed by atoms with van der Waals surface area (Å²) in [5.41, 5.74) is 6.46. The van der Waals surface area contributed by atoms with Crippen molar-refractivity contribution in [2.45, 2.75) is 31.9 Å². The third-order valence-corrected chi connectivity index (χ3v) is 5.15. The first-order valence-electron chi connectivity index (χ1n) is 9.63. The molecule has 1 aromatic carbocycles. The van der Waals surface area contributed by atoms with Crippen LogP contribution in [0.4, 0.5) is 0 Å². The Bertz CT molecular complexity index is 1030. The lowest BCUT2D eigenvalue weighted by molar-refractivity contribution is -0.134. The Balaban J connectivity index is 1.44. The smallest absolute Gasteiger partial charge is 0.297 e. The van der Waals surface area contributed by atoms with Crippen LogP contribution in [0.3, 0.4) is 0 Å². The fourth-order valence-electron chi connectivity index (χ4n) is 3.58. The first kappa shape index (κ1) is 18.6. The van der Waals surface area contributed by atoms with Gasteiger partial charge >= 0.3 is 0 Å². The van der Waals surface area contributed by atoms with Crippen LogP contribution >= 0.6 is 0 Å². The topological polar surface area (TPSA) is 104 Å². The highest BCUT2D eigenvalue weighted by molar-refractivity contribution is 6.01. The van der Waals surface area contributed by atoms with Gasteiger partial charge in [-0.05, 0) is 37.9 Å². The van der Waals surface area contributed by atoms with Gasteiger partial charge < -0.3 is 19.8 Å². The molecule has 148 valence electrons. The number of rotatable bonds is 6. The summed E-state index contributed by atoms with van der Waals surface area (Å²) in [6.07, 6.45) is 4.04. The van der Waals surface area contributed by atoms with Crippen LogP contribution in [0.2, 0.25) is 0 Å². The highest BCUT2D eigenvalue weighted by atomic mass is 16.5. The lowest BCUT2D eigenvalue weighted by atomic mass is 10.1. The average molecular weight is 384 g/mol. The molecule has 0 atom stereocenters. The van der Waals surface area contributed by atoms with Crippen molar-refractivity contribution in [1.29, 1.82) is 0 Å². The van der Waals surface area contributed by atoms with Gasteiger partial charge in [-0.3, -0.25) is 14.2 Å². The number of hydrogen-bond acceptors (Lipinski definition) is 6. The second-order valence-electron chi connectivity index (χ2n) is 7.05. The molecule has 1 saturated heterocycles. The maximum atomic E-state index is 12.7. The van der Waals surface area contributed by atoms with Crippen LogP contribution in [0.15, 0.2) is 39.8 Å². The van der Waals surface area contributed by atoms with Crippen molar-refractivity contribution in [1.82, 2.24) is 14.5 Å². The van der Waals surface area contributed by atoms with Crippen LogP contribution in [0.25, 0.3) is 22.1 Å². The van der Waals surface area contributed by atoms with E-state index in [-0.39, 0.29) is 29.7 Å². The number of amides is 1. The number of carbonyl (C=O) groups excluding carboxylic acids is 1. The van der Waals surface area contributed by atoms with Gasteiger partial charge in [0.2, 0.25) is 11.5 Å². The minimum absolute atomic E-state index is 0.0441. The number of hydrogen-bond donors (Lipinski definition) is 1. The van der Waals surface area contributed by atoms with Crippen LogP contribution in [0.5, 0.6) is 0 Å². The van der Waals surface area contributed by atoms with E-state index in [1.54, 1.807) is 11.0 Å². The molecule has 2 N–H and O–H groups in total. The minimum atomic E-state index is -0.338. The molecule has 3 aromatic rings. The number of nitrogens with two attached hydrogens (primary N) is 1. The standard InChI is InChI=1S/C20H24N4O4/c21-8-3-11-27-14-6-9-23(10-7-14)17(25)12-24-13-22-18-15-4-1-2-5-16(15)28-19(18)20(24)26/h1-2,4-5,13-14H,3,6-12,21H2. The molecule has 0 radical (unpaired) electrons. The van der Waals surface area contributed by atoms with E-state index >= 15 is 0 Å². The van der Waals surface area contributed by atoms with Crippen molar-refractivity contribution < 1.29 is 13.9 Å². The molecule has 0 bridgehead atoms. The Morgan fingerprint density at radius 2 is 2.07 bits per heavy atom. The second-order valence-corrected chi connectivity index (χ2v) is 7.05. The summed E-state index contributed by atoms with van der Waals surface area (Å²) in [4.78, 5) is 31.5. The molecule has 2 aromatic heterocycles. The molecule has 0 spiro atoms. The third-order valence-electron chi connectivity index (χ3n) is 5.15. The van der Waals surface area contributed by atoms with E-state index in [1.165, 1.54) is 10.9 Å².